The number of aromatic nitrogens is 4. The van der Waals surface area contributed by atoms with E-state index < -0.39 is 0 Å². The number of aryl methyl sites for hydroxylation is 1. The van der Waals surface area contributed by atoms with Crippen LogP contribution in [-0.2, 0) is 6.54 Å². The number of unbranched alkanes of at least 4 members (excludes halogenated alkanes) is 1. The Labute approximate surface area is 97.3 Å². The van der Waals surface area contributed by atoms with Crippen molar-refractivity contribution in [2.45, 2.75) is 19.4 Å². The third kappa shape index (κ3) is 2.21. The molecule has 2 heterocycles. The second-order valence-electron chi connectivity index (χ2n) is 3.17. The van der Waals surface area contributed by atoms with Gasteiger partial charge in [-0.3, -0.25) is 0 Å². The van der Waals surface area contributed by atoms with Crippen LogP contribution in [0.1, 0.15) is 12.8 Å². The lowest BCUT2D eigenvalue weighted by Gasteiger charge is -2.01. The Hall–Kier alpha value is -0.870. The summed E-state index contributed by atoms with van der Waals surface area (Å²) in [6.45, 7) is 0.858. The Morgan fingerprint density at radius 1 is 1.20 bits per heavy atom. The molecule has 0 amide bonds. The maximum absolute atomic E-state index is 5.88. The summed E-state index contributed by atoms with van der Waals surface area (Å²) < 4.78 is 1.97. The number of fused-ring (bicyclic) bond motifs is 1. The summed E-state index contributed by atoms with van der Waals surface area (Å²) in [4.78, 5) is 12.2. The van der Waals surface area contributed by atoms with Crippen molar-refractivity contribution in [2.24, 2.45) is 0 Å². The van der Waals surface area contributed by atoms with Gasteiger partial charge in [0.15, 0.2) is 10.8 Å². The van der Waals surface area contributed by atoms with E-state index in [4.69, 9.17) is 23.2 Å². The number of halogens is 2. The van der Waals surface area contributed by atoms with E-state index in [9.17, 15) is 0 Å². The number of rotatable bonds is 4. The molecule has 0 unspecified atom stereocenters. The molecule has 2 aromatic heterocycles. The van der Waals surface area contributed by atoms with Gasteiger partial charge in [-0.1, -0.05) is 11.6 Å². The summed E-state index contributed by atoms with van der Waals surface area (Å²) in [5.41, 5.74) is 1.44. The summed E-state index contributed by atoms with van der Waals surface area (Å²) in [6.07, 6.45) is 5.18. The van der Waals surface area contributed by atoms with Crippen LogP contribution in [0.25, 0.3) is 11.2 Å². The minimum Gasteiger partial charge on any atom is -0.315 e. The van der Waals surface area contributed by atoms with Gasteiger partial charge in [0.25, 0.3) is 0 Å². The van der Waals surface area contributed by atoms with Gasteiger partial charge in [0.05, 0.1) is 6.33 Å². The Kier molecular flexibility index (Phi) is 3.38. The second kappa shape index (κ2) is 4.77. The van der Waals surface area contributed by atoms with E-state index in [0.29, 0.717) is 16.5 Å². The van der Waals surface area contributed by atoms with Crippen LogP contribution < -0.4 is 0 Å². The molecule has 6 heteroatoms. The standard InChI is InChI=1S/C9H10Cl2N4/c10-3-1-2-4-15-6-14-7-8(11)12-5-13-9(7)15/h5-6H,1-4H2. The van der Waals surface area contributed by atoms with Gasteiger partial charge < -0.3 is 4.57 Å². The largest absolute Gasteiger partial charge is 0.315 e. The zero-order valence-corrected chi connectivity index (χ0v) is 9.54. The molecule has 0 radical (unpaired) electrons. The van der Waals surface area contributed by atoms with E-state index in [0.717, 1.165) is 25.0 Å². The summed E-state index contributed by atoms with van der Waals surface area (Å²) >= 11 is 11.5. The van der Waals surface area contributed by atoms with E-state index in [2.05, 4.69) is 15.0 Å². The molecule has 0 aromatic carbocycles. The molecule has 0 aliphatic carbocycles. The molecular formula is C9H10Cl2N4. The minimum absolute atomic E-state index is 0.399. The maximum Gasteiger partial charge on any atom is 0.164 e. The van der Waals surface area contributed by atoms with Crippen molar-refractivity contribution in [1.29, 1.82) is 0 Å². The average molecular weight is 245 g/mol. The molecule has 15 heavy (non-hydrogen) atoms. The van der Waals surface area contributed by atoms with E-state index in [1.165, 1.54) is 6.33 Å². The molecule has 80 valence electrons. The van der Waals surface area contributed by atoms with E-state index in [-0.39, 0.29) is 0 Å². The molecule has 0 bridgehead atoms. The first-order valence-electron chi connectivity index (χ1n) is 4.70. The smallest absolute Gasteiger partial charge is 0.164 e. The zero-order valence-electron chi connectivity index (χ0n) is 8.03. The van der Waals surface area contributed by atoms with Crippen LogP contribution in [0.2, 0.25) is 5.15 Å². The Morgan fingerprint density at radius 2 is 2.07 bits per heavy atom. The molecule has 0 fully saturated rings. The van der Waals surface area contributed by atoms with Gasteiger partial charge in [-0.15, -0.1) is 11.6 Å². The molecule has 2 aromatic rings. The van der Waals surface area contributed by atoms with Crippen molar-refractivity contribution in [3.63, 3.8) is 0 Å². The van der Waals surface area contributed by atoms with Crippen LogP contribution >= 0.6 is 23.2 Å². The number of imidazole rings is 1. The lowest BCUT2D eigenvalue weighted by Crippen LogP contribution is -1.98. The summed E-state index contributed by atoms with van der Waals surface area (Å²) in [6, 6.07) is 0. The van der Waals surface area contributed by atoms with Gasteiger partial charge in [0, 0.05) is 12.4 Å². The zero-order chi connectivity index (χ0) is 10.7. The number of hydrogen-bond acceptors (Lipinski definition) is 3. The highest BCUT2D eigenvalue weighted by atomic mass is 35.5. The Balaban J connectivity index is 2.25. The van der Waals surface area contributed by atoms with Crippen LogP contribution in [-0.4, -0.2) is 25.4 Å². The topological polar surface area (TPSA) is 43.6 Å². The predicted molar refractivity (Wildman–Crippen MR) is 60.3 cm³/mol. The van der Waals surface area contributed by atoms with Gasteiger partial charge in [-0.25, -0.2) is 15.0 Å². The quantitative estimate of drug-likeness (QED) is 0.472. The van der Waals surface area contributed by atoms with Crippen molar-refractivity contribution < 1.29 is 0 Å². The van der Waals surface area contributed by atoms with Gasteiger partial charge in [-0.05, 0) is 12.8 Å². The Morgan fingerprint density at radius 3 is 2.87 bits per heavy atom. The lowest BCUT2D eigenvalue weighted by molar-refractivity contribution is 0.643. The highest BCUT2D eigenvalue weighted by molar-refractivity contribution is 6.33. The fraction of sp³-hybridized carbons (Fsp3) is 0.444. The third-order valence-electron chi connectivity index (χ3n) is 2.14. The van der Waals surface area contributed by atoms with Crippen LogP contribution in [0.3, 0.4) is 0 Å². The number of alkyl halides is 1. The highest BCUT2D eigenvalue weighted by Crippen LogP contribution is 2.17. The normalized spacial score (nSPS) is 11.1. The fourth-order valence-electron chi connectivity index (χ4n) is 1.39. The van der Waals surface area contributed by atoms with Gasteiger partial charge in [-0.2, -0.15) is 0 Å². The monoisotopic (exact) mass is 244 g/mol. The molecule has 0 saturated carbocycles. The first-order valence-corrected chi connectivity index (χ1v) is 5.61. The molecule has 0 N–H and O–H groups in total. The van der Waals surface area contributed by atoms with Crippen molar-refractivity contribution in [1.82, 2.24) is 19.5 Å². The number of hydrogen-bond donors (Lipinski definition) is 0. The van der Waals surface area contributed by atoms with Crippen LogP contribution in [0.5, 0.6) is 0 Å². The van der Waals surface area contributed by atoms with Crippen molar-refractivity contribution in [3.8, 4) is 0 Å². The van der Waals surface area contributed by atoms with Crippen LogP contribution in [0.4, 0.5) is 0 Å². The van der Waals surface area contributed by atoms with E-state index in [1.807, 2.05) is 4.57 Å². The molecular weight excluding hydrogens is 235 g/mol. The summed E-state index contributed by atoms with van der Waals surface area (Å²) in [7, 11) is 0. The number of nitrogens with zero attached hydrogens (tertiary/aromatic N) is 4. The molecule has 4 nitrogen and oxygen atoms in total. The van der Waals surface area contributed by atoms with Crippen molar-refractivity contribution in [2.75, 3.05) is 5.88 Å². The second-order valence-corrected chi connectivity index (χ2v) is 3.91. The van der Waals surface area contributed by atoms with Crippen LogP contribution in [0, 0.1) is 0 Å². The SMILES string of the molecule is ClCCCCn1cnc2c(Cl)ncnc21. The maximum atomic E-state index is 5.88. The molecule has 0 saturated heterocycles. The lowest BCUT2D eigenvalue weighted by atomic mass is 10.3. The molecule has 0 aliphatic heterocycles. The highest BCUT2D eigenvalue weighted by Gasteiger charge is 2.07. The first kappa shape index (κ1) is 10.6. The minimum atomic E-state index is 0.399. The summed E-state index contributed by atoms with van der Waals surface area (Å²) in [5.74, 6) is 0.683. The van der Waals surface area contributed by atoms with Crippen molar-refractivity contribution in [3.05, 3.63) is 17.8 Å². The summed E-state index contributed by atoms with van der Waals surface area (Å²) in [5, 5.41) is 0.399. The van der Waals surface area contributed by atoms with Crippen molar-refractivity contribution >= 4 is 34.4 Å². The predicted octanol–water partition coefficient (Wildman–Crippen LogP) is 2.50. The molecule has 0 atom stereocenters. The van der Waals surface area contributed by atoms with Gasteiger partial charge in [0.2, 0.25) is 0 Å². The molecule has 2 rings (SSSR count). The van der Waals surface area contributed by atoms with Gasteiger partial charge in [0.1, 0.15) is 11.8 Å². The van der Waals surface area contributed by atoms with Gasteiger partial charge >= 0.3 is 0 Å². The van der Waals surface area contributed by atoms with Crippen LogP contribution in [0.15, 0.2) is 12.7 Å². The third-order valence-corrected chi connectivity index (χ3v) is 2.68. The van der Waals surface area contributed by atoms with E-state index >= 15 is 0 Å². The molecule has 0 aliphatic rings. The fourth-order valence-corrected chi connectivity index (χ4v) is 1.76. The molecule has 0 spiro atoms. The van der Waals surface area contributed by atoms with E-state index in [1.54, 1.807) is 6.33 Å². The average Bonchev–Trinajstić information content (AvgIpc) is 2.64. The first-order chi connectivity index (χ1) is 7.33. The Bertz CT molecular complexity index is 454.